The summed E-state index contributed by atoms with van der Waals surface area (Å²) in [5.41, 5.74) is 1.30. The number of ether oxygens (including phenoxy) is 1. The molecule has 0 bridgehead atoms. The molecule has 0 saturated heterocycles. The zero-order valence-corrected chi connectivity index (χ0v) is 17.9. The molecule has 0 spiro atoms. The summed E-state index contributed by atoms with van der Waals surface area (Å²) in [5.74, 6) is -3.14. The molecule has 1 aromatic heterocycles. The van der Waals surface area contributed by atoms with Gasteiger partial charge in [0.05, 0.1) is 13.5 Å². The molecule has 170 valence electrons. The van der Waals surface area contributed by atoms with Crippen LogP contribution in [0.5, 0.6) is 0 Å². The molecule has 0 aliphatic rings. The lowest BCUT2D eigenvalue weighted by atomic mass is 10.1. The number of amides is 2. The minimum absolute atomic E-state index is 0.0205. The van der Waals surface area contributed by atoms with Gasteiger partial charge in [-0.25, -0.2) is 23.5 Å². The maximum atomic E-state index is 13.3. The zero-order valence-electron chi connectivity index (χ0n) is 17.9. The van der Waals surface area contributed by atoms with Crippen molar-refractivity contribution in [1.82, 2.24) is 15.3 Å². The van der Waals surface area contributed by atoms with E-state index in [0.717, 1.165) is 12.1 Å². The van der Waals surface area contributed by atoms with Crippen molar-refractivity contribution in [3.05, 3.63) is 59.4 Å². The fourth-order valence-electron chi connectivity index (χ4n) is 2.81. The van der Waals surface area contributed by atoms with Crippen molar-refractivity contribution in [2.75, 3.05) is 12.4 Å². The first-order chi connectivity index (χ1) is 15.2. The third-order valence-electron chi connectivity index (χ3n) is 4.39. The third-order valence-corrected chi connectivity index (χ3v) is 4.39. The Morgan fingerprint density at radius 3 is 2.31 bits per heavy atom. The van der Waals surface area contributed by atoms with E-state index in [9.17, 15) is 23.2 Å². The SMILES string of the molecule is CCCC(NC(=O)Cc1cc(F)cc(F)c1)C(=O)Nc1ncc(/C(C)=C/C(=O)OC)cn1. The molecule has 32 heavy (non-hydrogen) atoms. The van der Waals surface area contributed by atoms with E-state index in [-0.39, 0.29) is 17.9 Å². The Labute approximate surface area is 184 Å². The van der Waals surface area contributed by atoms with Gasteiger partial charge in [0.1, 0.15) is 17.7 Å². The number of methoxy groups -OCH3 is 1. The molecule has 1 atom stereocenters. The van der Waals surface area contributed by atoms with Gasteiger partial charge in [-0.1, -0.05) is 13.3 Å². The summed E-state index contributed by atoms with van der Waals surface area (Å²) < 4.78 is 31.2. The third kappa shape index (κ3) is 7.53. The van der Waals surface area contributed by atoms with Crippen LogP contribution in [-0.2, 0) is 25.5 Å². The molecule has 2 rings (SSSR count). The van der Waals surface area contributed by atoms with Crippen LogP contribution in [-0.4, -0.2) is 40.9 Å². The average Bonchev–Trinajstić information content (AvgIpc) is 2.72. The number of nitrogens with zero attached hydrogens (tertiary/aromatic N) is 2. The van der Waals surface area contributed by atoms with Gasteiger partial charge in [-0.2, -0.15) is 0 Å². The first-order valence-electron chi connectivity index (χ1n) is 9.85. The highest BCUT2D eigenvalue weighted by Crippen LogP contribution is 2.13. The number of allylic oxidation sites excluding steroid dienone is 1. The van der Waals surface area contributed by atoms with Gasteiger partial charge in [-0.15, -0.1) is 0 Å². The Morgan fingerprint density at radius 1 is 1.12 bits per heavy atom. The van der Waals surface area contributed by atoms with E-state index < -0.39 is 35.5 Å². The van der Waals surface area contributed by atoms with Crippen LogP contribution in [0.15, 0.2) is 36.7 Å². The summed E-state index contributed by atoms with van der Waals surface area (Å²) in [6.45, 7) is 3.53. The van der Waals surface area contributed by atoms with E-state index in [1.54, 1.807) is 6.92 Å². The molecule has 1 heterocycles. The van der Waals surface area contributed by atoms with Gasteiger partial charge in [0.15, 0.2) is 0 Å². The van der Waals surface area contributed by atoms with Crippen LogP contribution in [0.4, 0.5) is 14.7 Å². The predicted molar refractivity (Wildman–Crippen MR) is 113 cm³/mol. The molecular weight excluding hydrogens is 422 g/mol. The quantitative estimate of drug-likeness (QED) is 0.453. The Balaban J connectivity index is 2.02. The summed E-state index contributed by atoms with van der Waals surface area (Å²) in [4.78, 5) is 44.3. The molecule has 0 aliphatic heterocycles. The van der Waals surface area contributed by atoms with Crippen molar-refractivity contribution in [1.29, 1.82) is 0 Å². The summed E-state index contributed by atoms with van der Waals surface area (Å²) >= 11 is 0. The highest BCUT2D eigenvalue weighted by Gasteiger charge is 2.21. The Bertz CT molecular complexity index is 989. The minimum Gasteiger partial charge on any atom is -0.466 e. The van der Waals surface area contributed by atoms with Crippen molar-refractivity contribution in [2.45, 2.75) is 39.2 Å². The van der Waals surface area contributed by atoms with Gasteiger partial charge in [0, 0.05) is 30.1 Å². The topological polar surface area (TPSA) is 110 Å². The van der Waals surface area contributed by atoms with Crippen molar-refractivity contribution < 1.29 is 27.9 Å². The van der Waals surface area contributed by atoms with Crippen molar-refractivity contribution in [2.24, 2.45) is 0 Å². The summed E-state index contributed by atoms with van der Waals surface area (Å²) in [7, 11) is 1.27. The maximum Gasteiger partial charge on any atom is 0.330 e. The number of rotatable bonds is 9. The van der Waals surface area contributed by atoms with Gasteiger partial charge >= 0.3 is 5.97 Å². The molecule has 0 aliphatic carbocycles. The van der Waals surface area contributed by atoms with Crippen LogP contribution in [0, 0.1) is 11.6 Å². The highest BCUT2D eigenvalue weighted by atomic mass is 19.1. The number of benzene rings is 1. The smallest absolute Gasteiger partial charge is 0.330 e. The molecule has 1 unspecified atom stereocenters. The number of esters is 1. The van der Waals surface area contributed by atoms with Gasteiger partial charge in [-0.3, -0.25) is 14.9 Å². The highest BCUT2D eigenvalue weighted by molar-refractivity contribution is 5.96. The van der Waals surface area contributed by atoms with E-state index in [4.69, 9.17) is 0 Å². The Hall–Kier alpha value is -3.69. The first kappa shape index (κ1) is 24.6. The van der Waals surface area contributed by atoms with E-state index >= 15 is 0 Å². The number of hydrogen-bond acceptors (Lipinski definition) is 6. The number of halogens is 2. The molecule has 0 radical (unpaired) electrons. The second-order valence-electron chi connectivity index (χ2n) is 7.00. The number of carbonyl (C=O) groups excluding carboxylic acids is 3. The van der Waals surface area contributed by atoms with Crippen molar-refractivity contribution in [3.8, 4) is 0 Å². The lowest BCUT2D eigenvalue weighted by molar-refractivity contribution is -0.134. The van der Waals surface area contributed by atoms with Gasteiger partial charge in [-0.05, 0) is 36.6 Å². The standard InChI is InChI=1S/C22H24F2N4O4/c1-4-5-18(27-19(29)9-14-7-16(23)10-17(24)8-14)21(31)28-22-25-11-15(12-26-22)13(2)6-20(30)32-3/h6-8,10-12,18H,4-5,9H2,1-3H3,(H,27,29)(H,25,26,28,31)/b13-6+. The molecular formula is C22H24F2N4O4. The molecule has 2 amide bonds. The molecule has 0 saturated carbocycles. The molecule has 8 nitrogen and oxygen atoms in total. The molecule has 10 heteroatoms. The van der Waals surface area contributed by atoms with E-state index in [0.29, 0.717) is 30.0 Å². The lowest BCUT2D eigenvalue weighted by Crippen LogP contribution is -2.44. The molecule has 0 fully saturated rings. The van der Waals surface area contributed by atoms with Crippen LogP contribution < -0.4 is 10.6 Å². The van der Waals surface area contributed by atoms with Crippen LogP contribution in [0.3, 0.4) is 0 Å². The number of hydrogen-bond donors (Lipinski definition) is 2. The first-order valence-corrected chi connectivity index (χ1v) is 9.85. The fraction of sp³-hybridized carbons (Fsp3) is 0.318. The van der Waals surface area contributed by atoms with Crippen LogP contribution in [0.2, 0.25) is 0 Å². The second kappa shape index (κ2) is 11.6. The number of carbonyl (C=O) groups is 3. The molecule has 2 N–H and O–H groups in total. The Morgan fingerprint density at radius 2 is 1.75 bits per heavy atom. The summed E-state index contributed by atoms with van der Waals surface area (Å²) in [6.07, 6.45) is 4.82. The molecule has 1 aromatic carbocycles. The van der Waals surface area contributed by atoms with E-state index in [1.807, 2.05) is 6.92 Å². The van der Waals surface area contributed by atoms with Crippen molar-refractivity contribution >= 4 is 29.3 Å². The summed E-state index contributed by atoms with van der Waals surface area (Å²) in [5, 5.41) is 5.10. The van der Waals surface area contributed by atoms with Crippen molar-refractivity contribution in [3.63, 3.8) is 0 Å². The normalized spacial score (nSPS) is 12.1. The van der Waals surface area contributed by atoms with Gasteiger partial charge in [0.25, 0.3) is 0 Å². The number of aromatic nitrogens is 2. The van der Waals surface area contributed by atoms with Crippen LogP contribution in [0.25, 0.3) is 5.57 Å². The molecule has 2 aromatic rings. The lowest BCUT2D eigenvalue weighted by Gasteiger charge is -2.17. The second-order valence-corrected chi connectivity index (χ2v) is 7.00. The summed E-state index contributed by atoms with van der Waals surface area (Å²) in [6, 6.07) is 1.95. The number of nitrogens with one attached hydrogen (secondary N) is 2. The van der Waals surface area contributed by atoms with E-state index in [2.05, 4.69) is 25.3 Å². The maximum absolute atomic E-state index is 13.3. The predicted octanol–water partition coefficient (Wildman–Crippen LogP) is 2.80. The minimum atomic E-state index is -0.880. The largest absolute Gasteiger partial charge is 0.466 e. The monoisotopic (exact) mass is 446 g/mol. The van der Waals surface area contributed by atoms with Gasteiger partial charge < -0.3 is 10.1 Å². The van der Waals surface area contributed by atoms with Crippen LogP contribution in [0.1, 0.15) is 37.8 Å². The number of anilines is 1. The zero-order chi connectivity index (χ0) is 23.7. The average molecular weight is 446 g/mol. The van der Waals surface area contributed by atoms with E-state index in [1.165, 1.54) is 25.6 Å². The van der Waals surface area contributed by atoms with Crippen LogP contribution >= 0.6 is 0 Å². The Kier molecular flexibility index (Phi) is 8.94. The fourth-order valence-corrected chi connectivity index (χ4v) is 2.81. The van der Waals surface area contributed by atoms with Gasteiger partial charge in [0.2, 0.25) is 17.8 Å².